The van der Waals surface area contributed by atoms with Crippen molar-refractivity contribution in [3.8, 4) is 11.8 Å². The summed E-state index contributed by atoms with van der Waals surface area (Å²) in [4.78, 5) is 32.7. The normalized spacial score (nSPS) is 16.9. The van der Waals surface area contributed by atoms with Crippen molar-refractivity contribution < 1.29 is 24.2 Å². The number of benzene rings is 2. The van der Waals surface area contributed by atoms with Crippen LogP contribution < -0.4 is 20.6 Å². The minimum atomic E-state index is -0.895. The maximum atomic E-state index is 13.5. The Bertz CT molecular complexity index is 1900. The average Bonchev–Trinajstić information content (AvgIpc) is 3.58. The highest BCUT2D eigenvalue weighted by Gasteiger charge is 2.30. The Morgan fingerprint density at radius 3 is 2.67 bits per heavy atom. The van der Waals surface area contributed by atoms with E-state index >= 15 is 0 Å². The average molecular weight is 647 g/mol. The lowest BCUT2D eigenvalue weighted by molar-refractivity contribution is -0.145. The molecule has 2 aromatic carbocycles. The van der Waals surface area contributed by atoms with Gasteiger partial charge in [-0.15, -0.1) is 0 Å². The van der Waals surface area contributed by atoms with Crippen molar-refractivity contribution in [2.75, 3.05) is 6.61 Å². The Kier molecular flexibility index (Phi) is 9.65. The first-order valence-corrected chi connectivity index (χ1v) is 16.2. The van der Waals surface area contributed by atoms with Gasteiger partial charge in [0.25, 0.3) is 11.9 Å². The summed E-state index contributed by atoms with van der Waals surface area (Å²) in [7, 11) is 2.05. The van der Waals surface area contributed by atoms with Gasteiger partial charge in [-0.25, -0.2) is 0 Å². The zero-order chi connectivity index (χ0) is 33.2. The number of carboxylic acids is 1. The molecule has 5 rings (SSSR count). The molecular formula is C36H43ClN4O5. The molecule has 1 amide bonds. The van der Waals surface area contributed by atoms with Gasteiger partial charge in [0.2, 0.25) is 0 Å². The predicted molar refractivity (Wildman–Crippen MR) is 181 cm³/mol. The number of hydrogen-bond donors (Lipinski definition) is 3. The fourth-order valence-electron chi connectivity index (χ4n) is 5.87. The number of carboxylic acid groups (broad SMARTS) is 1. The molecule has 0 saturated carbocycles. The Morgan fingerprint density at radius 2 is 1.96 bits per heavy atom. The van der Waals surface area contributed by atoms with E-state index in [2.05, 4.69) is 44.3 Å². The van der Waals surface area contributed by atoms with Gasteiger partial charge >= 0.3 is 5.97 Å². The Morgan fingerprint density at radius 1 is 1.17 bits per heavy atom. The molecule has 2 aromatic heterocycles. The van der Waals surface area contributed by atoms with E-state index in [-0.39, 0.29) is 18.2 Å². The number of H-pyrrole nitrogens is 1. The van der Waals surface area contributed by atoms with Gasteiger partial charge in [0, 0.05) is 47.2 Å². The van der Waals surface area contributed by atoms with E-state index in [9.17, 15) is 14.7 Å². The van der Waals surface area contributed by atoms with E-state index in [4.69, 9.17) is 21.1 Å². The number of nitrogens with zero attached hydrogens (tertiary/aromatic N) is 2. The topological polar surface area (TPSA) is 118 Å². The number of aromatic nitrogens is 3. The second kappa shape index (κ2) is 13.3. The number of hydrogen-bond acceptors (Lipinski definition) is 5. The number of aromatic amines is 1. The summed E-state index contributed by atoms with van der Waals surface area (Å²) in [6.45, 7) is 9.90. The van der Waals surface area contributed by atoms with Crippen molar-refractivity contribution in [1.82, 2.24) is 19.9 Å². The Labute approximate surface area is 274 Å². The van der Waals surface area contributed by atoms with Crippen molar-refractivity contribution in [1.29, 1.82) is 0 Å². The number of ether oxygens (including phenoxy) is 2. The van der Waals surface area contributed by atoms with Crippen LogP contribution in [-0.2, 0) is 16.6 Å². The summed E-state index contributed by atoms with van der Waals surface area (Å²) in [6, 6.07) is 11.7. The van der Waals surface area contributed by atoms with Crippen LogP contribution in [0, 0.1) is 6.92 Å². The number of carbonyl (C=O) groups excluding carboxylic acids is 1. The molecule has 3 atom stereocenters. The van der Waals surface area contributed by atoms with Crippen LogP contribution in [0.3, 0.4) is 0 Å². The van der Waals surface area contributed by atoms with Crippen molar-refractivity contribution in [3.05, 3.63) is 74.9 Å². The smallest absolute Gasteiger partial charge is 0.306 e. The van der Waals surface area contributed by atoms with Crippen LogP contribution in [0.2, 0.25) is 5.02 Å². The van der Waals surface area contributed by atoms with Crippen LogP contribution in [0.25, 0.3) is 23.2 Å². The monoisotopic (exact) mass is 646 g/mol. The first-order valence-electron chi connectivity index (χ1n) is 15.8. The molecule has 244 valence electrons. The van der Waals surface area contributed by atoms with Crippen LogP contribution in [0.4, 0.5) is 0 Å². The van der Waals surface area contributed by atoms with Gasteiger partial charge in [-0.2, -0.15) is 4.98 Å². The second-order valence-electron chi connectivity index (χ2n) is 12.8. The third kappa shape index (κ3) is 7.32. The first-order chi connectivity index (χ1) is 21.8. The van der Waals surface area contributed by atoms with Gasteiger partial charge < -0.3 is 29.4 Å². The molecule has 2 heterocycles. The molecule has 0 aliphatic heterocycles. The summed E-state index contributed by atoms with van der Waals surface area (Å²) >= 11 is 6.75. The molecule has 1 aliphatic rings. The molecule has 0 radical (unpaired) electrons. The van der Waals surface area contributed by atoms with Gasteiger partial charge in [-0.05, 0) is 93.1 Å². The van der Waals surface area contributed by atoms with Crippen molar-refractivity contribution >= 4 is 46.7 Å². The predicted octanol–water partition coefficient (Wildman–Crippen LogP) is 6.35. The zero-order valence-electron chi connectivity index (χ0n) is 27.4. The standard InChI is InChI=1S/C36H43ClN4O5/c1-7-35(4,14-16-45-36(5,8-2)21-32(42)43)40-33(44)26-18-25(11-9-22(26)3)46-34-38-29-19-27(28(37)20-30(29)39-34)23-10-12-31-24(17-23)13-15-41(31)6/h9,11-13,15,17-20,23H,7-8,10,14,16,21H2,1-6H3,(H,38,39)(H,40,44)(H,42,43). The third-order valence-electron chi connectivity index (χ3n) is 9.32. The minimum Gasteiger partial charge on any atom is -0.481 e. The van der Waals surface area contributed by atoms with E-state index in [0.717, 1.165) is 23.1 Å². The quantitative estimate of drug-likeness (QED) is 0.156. The third-order valence-corrected chi connectivity index (χ3v) is 9.65. The van der Waals surface area contributed by atoms with E-state index in [1.807, 2.05) is 59.0 Å². The van der Waals surface area contributed by atoms with Gasteiger partial charge in [0.05, 0.1) is 23.1 Å². The number of fused-ring (bicyclic) bond motifs is 2. The molecule has 1 aliphatic carbocycles. The number of rotatable bonds is 13. The van der Waals surface area contributed by atoms with Crippen LogP contribution >= 0.6 is 11.6 Å². The molecule has 10 heteroatoms. The van der Waals surface area contributed by atoms with Crippen LogP contribution in [0.5, 0.6) is 11.8 Å². The summed E-state index contributed by atoms with van der Waals surface area (Å²) < 4.78 is 14.2. The molecule has 9 nitrogen and oxygen atoms in total. The summed E-state index contributed by atoms with van der Waals surface area (Å²) in [5, 5.41) is 15.5. The molecule has 0 spiro atoms. The fourth-order valence-corrected chi connectivity index (χ4v) is 6.17. The lowest BCUT2D eigenvalue weighted by Gasteiger charge is -2.33. The number of carbonyl (C=O) groups is 2. The number of imidazole rings is 1. The maximum absolute atomic E-state index is 13.5. The van der Waals surface area contributed by atoms with Gasteiger partial charge in [-0.3, -0.25) is 9.59 Å². The SMILES string of the molecule is CCC(C)(CCOC(C)(CC)CC(=O)O)NC(=O)c1cc(Oc2nc3cc(Cl)c(C4C=c5ccn(C)c5=CC4)cc3[nH]2)ccc1C. The lowest BCUT2D eigenvalue weighted by Crippen LogP contribution is -2.47. The zero-order valence-corrected chi connectivity index (χ0v) is 28.1. The number of nitrogens with one attached hydrogen (secondary N) is 2. The number of halogens is 1. The van der Waals surface area contributed by atoms with Crippen molar-refractivity contribution in [2.45, 2.75) is 83.8 Å². The second-order valence-corrected chi connectivity index (χ2v) is 13.2. The molecule has 0 saturated heterocycles. The first kappa shape index (κ1) is 33.3. The number of aliphatic carboxylic acids is 1. The van der Waals surface area contributed by atoms with Gasteiger partial charge in [0.1, 0.15) is 5.75 Å². The van der Waals surface area contributed by atoms with E-state index in [0.29, 0.717) is 53.7 Å². The van der Waals surface area contributed by atoms with Crippen molar-refractivity contribution in [3.63, 3.8) is 0 Å². The highest BCUT2D eigenvalue weighted by molar-refractivity contribution is 6.32. The largest absolute Gasteiger partial charge is 0.481 e. The van der Waals surface area contributed by atoms with Crippen molar-refractivity contribution in [2.24, 2.45) is 7.05 Å². The van der Waals surface area contributed by atoms with E-state index in [1.54, 1.807) is 13.0 Å². The number of aryl methyl sites for hydroxylation is 2. The minimum absolute atomic E-state index is 0.0724. The highest BCUT2D eigenvalue weighted by Crippen LogP contribution is 2.34. The maximum Gasteiger partial charge on any atom is 0.306 e. The molecule has 0 bridgehead atoms. The Hall–Kier alpha value is -4.08. The fraction of sp³-hybridized carbons (Fsp3) is 0.417. The van der Waals surface area contributed by atoms with Crippen LogP contribution in [0.1, 0.15) is 87.2 Å². The molecule has 4 aromatic rings. The molecular weight excluding hydrogens is 604 g/mol. The Balaban J connectivity index is 1.29. The highest BCUT2D eigenvalue weighted by atomic mass is 35.5. The van der Waals surface area contributed by atoms with E-state index < -0.39 is 17.1 Å². The van der Waals surface area contributed by atoms with Gasteiger partial charge in [-0.1, -0.05) is 43.7 Å². The summed E-state index contributed by atoms with van der Waals surface area (Å²) in [5.74, 6) is -0.493. The van der Waals surface area contributed by atoms with Crippen LogP contribution in [-0.4, -0.2) is 49.3 Å². The van der Waals surface area contributed by atoms with Crippen LogP contribution in [0.15, 0.2) is 42.6 Å². The molecule has 3 unspecified atom stereocenters. The molecule has 0 fully saturated rings. The number of amides is 1. The van der Waals surface area contributed by atoms with Gasteiger partial charge in [0.15, 0.2) is 0 Å². The van der Waals surface area contributed by atoms with E-state index in [1.165, 1.54) is 10.6 Å². The lowest BCUT2D eigenvalue weighted by atomic mass is 9.91. The molecule has 3 N–H and O–H groups in total. The summed E-state index contributed by atoms with van der Waals surface area (Å²) in [5.41, 5.74) is 2.53. The molecule has 46 heavy (non-hydrogen) atoms. The summed E-state index contributed by atoms with van der Waals surface area (Å²) in [6.07, 6.45) is 9.13.